The highest BCUT2D eigenvalue weighted by Crippen LogP contribution is 2.21. The van der Waals surface area contributed by atoms with Gasteiger partial charge in [-0.15, -0.1) is 0 Å². The first-order chi connectivity index (χ1) is 9.16. The van der Waals surface area contributed by atoms with E-state index in [2.05, 4.69) is 9.80 Å². The Balaban J connectivity index is 1.81. The third-order valence-electron chi connectivity index (χ3n) is 4.67. The summed E-state index contributed by atoms with van der Waals surface area (Å²) in [5.41, 5.74) is 0. The fourth-order valence-corrected chi connectivity index (χ4v) is 3.44. The van der Waals surface area contributed by atoms with E-state index in [1.165, 1.54) is 51.7 Å². The summed E-state index contributed by atoms with van der Waals surface area (Å²) in [6, 6.07) is -0.327. The number of hydrogen-bond acceptors (Lipinski definition) is 3. The van der Waals surface area contributed by atoms with E-state index in [4.69, 9.17) is 5.11 Å². The highest BCUT2D eigenvalue weighted by atomic mass is 16.4. The van der Waals surface area contributed by atoms with Crippen LogP contribution in [-0.4, -0.2) is 59.6 Å². The van der Waals surface area contributed by atoms with Gasteiger partial charge in [0.25, 0.3) is 0 Å². The van der Waals surface area contributed by atoms with Gasteiger partial charge in [-0.3, -0.25) is 9.69 Å². The Hall–Kier alpha value is -0.610. The molecule has 1 N–H and O–H groups in total. The average Bonchev–Trinajstić information content (AvgIpc) is 2.66. The van der Waals surface area contributed by atoms with Crippen molar-refractivity contribution in [3.63, 3.8) is 0 Å². The fourth-order valence-electron chi connectivity index (χ4n) is 3.44. The summed E-state index contributed by atoms with van der Waals surface area (Å²) in [6.45, 7) is 7.38. The minimum absolute atomic E-state index is 0.327. The number of hydrogen-bond donors (Lipinski definition) is 1. The zero-order valence-corrected chi connectivity index (χ0v) is 12.2. The molecule has 0 saturated carbocycles. The number of rotatable bonds is 4. The minimum Gasteiger partial charge on any atom is -0.480 e. The molecule has 0 unspecified atom stereocenters. The number of likely N-dealkylation sites (tertiary alicyclic amines) is 2. The standard InChI is InChI=1S/C15H28N2O2/c1-13(15(18)19)17-10-6-7-14(12-17)11-16-8-4-2-3-5-9-16/h13-14H,2-12H2,1H3,(H,18,19)/t13-,14-/m0/s1. The number of nitrogens with zero attached hydrogens (tertiary/aromatic N) is 2. The molecule has 2 atom stereocenters. The molecule has 110 valence electrons. The summed E-state index contributed by atoms with van der Waals surface area (Å²) in [5.74, 6) is -0.0240. The number of aliphatic carboxylic acids is 1. The highest BCUT2D eigenvalue weighted by Gasteiger charge is 2.28. The molecule has 2 fully saturated rings. The number of piperidine rings is 1. The Labute approximate surface area is 116 Å². The zero-order chi connectivity index (χ0) is 13.7. The molecule has 2 saturated heterocycles. The molecule has 0 bridgehead atoms. The van der Waals surface area contributed by atoms with Crippen LogP contribution in [0, 0.1) is 5.92 Å². The Morgan fingerprint density at radius 3 is 2.47 bits per heavy atom. The Kier molecular flexibility index (Phi) is 5.64. The second kappa shape index (κ2) is 7.25. The largest absolute Gasteiger partial charge is 0.480 e. The number of carbonyl (C=O) groups is 1. The molecule has 0 aromatic rings. The molecule has 0 aromatic heterocycles. The van der Waals surface area contributed by atoms with E-state index < -0.39 is 5.97 Å². The Bertz CT molecular complexity index is 288. The summed E-state index contributed by atoms with van der Waals surface area (Å²) < 4.78 is 0. The van der Waals surface area contributed by atoms with Gasteiger partial charge in [-0.05, 0) is 58.2 Å². The molecule has 4 nitrogen and oxygen atoms in total. The van der Waals surface area contributed by atoms with Crippen LogP contribution < -0.4 is 0 Å². The quantitative estimate of drug-likeness (QED) is 0.847. The predicted octanol–water partition coefficient (Wildman–Crippen LogP) is 2.05. The smallest absolute Gasteiger partial charge is 0.320 e. The molecule has 0 aromatic carbocycles. The third kappa shape index (κ3) is 4.46. The monoisotopic (exact) mass is 268 g/mol. The molecule has 2 aliphatic heterocycles. The van der Waals surface area contributed by atoms with Crippen LogP contribution in [0.25, 0.3) is 0 Å². The second-order valence-electron chi connectivity index (χ2n) is 6.23. The molecule has 2 heterocycles. The van der Waals surface area contributed by atoms with Crippen LogP contribution in [0.3, 0.4) is 0 Å². The van der Waals surface area contributed by atoms with Gasteiger partial charge >= 0.3 is 5.97 Å². The molecule has 4 heteroatoms. The lowest BCUT2D eigenvalue weighted by molar-refractivity contribution is -0.143. The fraction of sp³-hybridized carbons (Fsp3) is 0.933. The number of carboxylic acid groups (broad SMARTS) is 1. The molecule has 19 heavy (non-hydrogen) atoms. The molecule has 2 aliphatic rings. The van der Waals surface area contributed by atoms with Gasteiger partial charge in [-0.1, -0.05) is 12.8 Å². The number of carboxylic acids is 1. The van der Waals surface area contributed by atoms with E-state index in [9.17, 15) is 4.79 Å². The molecule has 0 aliphatic carbocycles. The molecule has 0 radical (unpaired) electrons. The van der Waals surface area contributed by atoms with Crippen LogP contribution in [0.15, 0.2) is 0 Å². The van der Waals surface area contributed by atoms with Crippen molar-refractivity contribution in [1.82, 2.24) is 9.80 Å². The molecular weight excluding hydrogens is 240 g/mol. The van der Waals surface area contributed by atoms with Crippen molar-refractivity contribution in [2.24, 2.45) is 5.92 Å². The lowest BCUT2D eigenvalue weighted by Crippen LogP contribution is -2.47. The van der Waals surface area contributed by atoms with Crippen LogP contribution in [0.5, 0.6) is 0 Å². The van der Waals surface area contributed by atoms with E-state index in [1.54, 1.807) is 0 Å². The van der Waals surface area contributed by atoms with Gasteiger partial charge in [0.15, 0.2) is 0 Å². The van der Waals surface area contributed by atoms with Gasteiger partial charge in [-0.2, -0.15) is 0 Å². The maximum absolute atomic E-state index is 11.1. The maximum Gasteiger partial charge on any atom is 0.320 e. The summed E-state index contributed by atoms with van der Waals surface area (Å²) >= 11 is 0. The van der Waals surface area contributed by atoms with Gasteiger partial charge in [0.05, 0.1) is 0 Å². The van der Waals surface area contributed by atoms with Gasteiger partial charge in [0.2, 0.25) is 0 Å². The minimum atomic E-state index is -0.685. The van der Waals surface area contributed by atoms with E-state index >= 15 is 0 Å². The highest BCUT2D eigenvalue weighted by molar-refractivity contribution is 5.72. The Morgan fingerprint density at radius 2 is 1.84 bits per heavy atom. The van der Waals surface area contributed by atoms with Gasteiger partial charge in [0, 0.05) is 13.1 Å². The molecular formula is C15H28N2O2. The Morgan fingerprint density at radius 1 is 1.16 bits per heavy atom. The first kappa shape index (κ1) is 14.8. The first-order valence-electron chi connectivity index (χ1n) is 7.86. The average molecular weight is 268 g/mol. The predicted molar refractivity (Wildman–Crippen MR) is 76.3 cm³/mol. The van der Waals surface area contributed by atoms with Gasteiger partial charge in [0.1, 0.15) is 6.04 Å². The SMILES string of the molecule is C[C@@H](C(=O)O)N1CCC[C@@H](CN2CCCCCC2)C1. The van der Waals surface area contributed by atoms with Crippen molar-refractivity contribution in [3.8, 4) is 0 Å². The van der Waals surface area contributed by atoms with Gasteiger partial charge < -0.3 is 10.0 Å². The van der Waals surface area contributed by atoms with Crippen LogP contribution in [0.2, 0.25) is 0 Å². The summed E-state index contributed by atoms with van der Waals surface area (Å²) in [6.07, 6.45) is 7.84. The van der Waals surface area contributed by atoms with Crippen LogP contribution in [0.1, 0.15) is 45.4 Å². The van der Waals surface area contributed by atoms with Crippen molar-refractivity contribution in [2.45, 2.75) is 51.5 Å². The molecule has 2 rings (SSSR count). The zero-order valence-electron chi connectivity index (χ0n) is 12.2. The van der Waals surface area contributed by atoms with Crippen LogP contribution >= 0.6 is 0 Å². The van der Waals surface area contributed by atoms with Crippen LogP contribution in [-0.2, 0) is 4.79 Å². The molecule has 0 amide bonds. The lowest BCUT2D eigenvalue weighted by Gasteiger charge is -2.37. The van der Waals surface area contributed by atoms with Gasteiger partial charge in [-0.25, -0.2) is 0 Å². The van der Waals surface area contributed by atoms with E-state index in [1.807, 2.05) is 6.92 Å². The topological polar surface area (TPSA) is 43.8 Å². The summed E-state index contributed by atoms with van der Waals surface area (Å²) in [5, 5.41) is 9.13. The summed E-state index contributed by atoms with van der Waals surface area (Å²) in [4.78, 5) is 15.8. The lowest BCUT2D eigenvalue weighted by atomic mass is 9.96. The second-order valence-corrected chi connectivity index (χ2v) is 6.23. The van der Waals surface area contributed by atoms with Crippen molar-refractivity contribution in [3.05, 3.63) is 0 Å². The maximum atomic E-state index is 11.1. The van der Waals surface area contributed by atoms with E-state index in [0.29, 0.717) is 5.92 Å². The van der Waals surface area contributed by atoms with E-state index in [-0.39, 0.29) is 6.04 Å². The van der Waals surface area contributed by atoms with Crippen LogP contribution in [0.4, 0.5) is 0 Å². The first-order valence-corrected chi connectivity index (χ1v) is 7.86. The summed E-state index contributed by atoms with van der Waals surface area (Å²) in [7, 11) is 0. The van der Waals surface area contributed by atoms with Crippen molar-refractivity contribution < 1.29 is 9.90 Å². The van der Waals surface area contributed by atoms with E-state index in [0.717, 1.165) is 19.5 Å². The molecule has 0 spiro atoms. The van der Waals surface area contributed by atoms with Crippen molar-refractivity contribution >= 4 is 5.97 Å². The van der Waals surface area contributed by atoms with Crippen molar-refractivity contribution in [2.75, 3.05) is 32.7 Å². The third-order valence-corrected chi connectivity index (χ3v) is 4.67. The normalized spacial score (nSPS) is 28.8. The van der Waals surface area contributed by atoms with Crippen molar-refractivity contribution in [1.29, 1.82) is 0 Å².